The Morgan fingerprint density at radius 2 is 1.84 bits per heavy atom. The van der Waals surface area contributed by atoms with E-state index in [1.165, 1.54) is 0 Å². The first kappa shape index (κ1) is 15.5. The van der Waals surface area contributed by atoms with E-state index >= 15 is 0 Å². The number of nitrogen functional groups attached to an aromatic ring is 1. The highest BCUT2D eigenvalue weighted by molar-refractivity contribution is 5.94. The minimum absolute atomic E-state index is 0.127. The predicted octanol–water partition coefficient (Wildman–Crippen LogP) is 2.71. The summed E-state index contributed by atoms with van der Waals surface area (Å²) in [5, 5.41) is 10.1. The molecule has 4 heteroatoms. The van der Waals surface area contributed by atoms with Crippen LogP contribution in [0.1, 0.15) is 57.0 Å². The standard InChI is InChI=1S/C15H24N2O2/c1-14(2,3)9-15(4,5)11-8-10(13(19)17-16)6-7-12(11)18/h6-8,18H,9,16H2,1-5H3,(H,17,19). The van der Waals surface area contributed by atoms with Crippen molar-refractivity contribution in [2.45, 2.75) is 46.5 Å². The Morgan fingerprint density at radius 1 is 1.26 bits per heavy atom. The number of phenolic OH excluding ortho intramolecular Hbond substituents is 1. The van der Waals surface area contributed by atoms with E-state index in [2.05, 4.69) is 40.0 Å². The van der Waals surface area contributed by atoms with E-state index in [-0.39, 0.29) is 22.5 Å². The summed E-state index contributed by atoms with van der Waals surface area (Å²) in [4.78, 5) is 11.6. The third-order valence-electron chi connectivity index (χ3n) is 3.09. The van der Waals surface area contributed by atoms with Gasteiger partial charge in [-0.3, -0.25) is 10.2 Å². The number of carbonyl (C=O) groups is 1. The van der Waals surface area contributed by atoms with Crippen molar-refractivity contribution in [3.8, 4) is 5.75 Å². The molecular formula is C15H24N2O2. The van der Waals surface area contributed by atoms with Gasteiger partial charge in [0, 0.05) is 11.1 Å². The van der Waals surface area contributed by atoms with Gasteiger partial charge in [0.25, 0.3) is 5.91 Å². The van der Waals surface area contributed by atoms with Crippen LogP contribution in [-0.4, -0.2) is 11.0 Å². The van der Waals surface area contributed by atoms with E-state index in [9.17, 15) is 9.90 Å². The Hall–Kier alpha value is -1.55. The molecule has 1 aromatic rings. The smallest absolute Gasteiger partial charge is 0.265 e. The highest BCUT2D eigenvalue weighted by Gasteiger charge is 2.30. The van der Waals surface area contributed by atoms with Crippen molar-refractivity contribution < 1.29 is 9.90 Å². The summed E-state index contributed by atoms with van der Waals surface area (Å²) >= 11 is 0. The fraction of sp³-hybridized carbons (Fsp3) is 0.533. The summed E-state index contributed by atoms with van der Waals surface area (Å²) in [7, 11) is 0. The Kier molecular flexibility index (Phi) is 4.25. The van der Waals surface area contributed by atoms with Gasteiger partial charge < -0.3 is 5.11 Å². The molecule has 0 aliphatic rings. The molecule has 0 heterocycles. The molecule has 0 aromatic heterocycles. The van der Waals surface area contributed by atoms with Crippen LogP contribution in [0, 0.1) is 5.41 Å². The molecule has 1 amide bonds. The van der Waals surface area contributed by atoms with Crippen LogP contribution in [0.4, 0.5) is 0 Å². The molecule has 0 unspecified atom stereocenters. The van der Waals surface area contributed by atoms with E-state index in [1.54, 1.807) is 18.2 Å². The minimum atomic E-state index is -0.354. The zero-order chi connectivity index (χ0) is 14.8. The first-order valence-electron chi connectivity index (χ1n) is 6.41. The first-order chi connectivity index (χ1) is 8.57. The molecule has 0 spiro atoms. The maximum absolute atomic E-state index is 11.6. The van der Waals surface area contributed by atoms with Crippen molar-refractivity contribution in [1.29, 1.82) is 0 Å². The second kappa shape index (κ2) is 5.21. The predicted molar refractivity (Wildman–Crippen MR) is 76.9 cm³/mol. The lowest BCUT2D eigenvalue weighted by molar-refractivity contribution is 0.0953. The van der Waals surface area contributed by atoms with Gasteiger partial charge in [0.15, 0.2) is 0 Å². The van der Waals surface area contributed by atoms with Crippen LogP contribution < -0.4 is 11.3 Å². The fourth-order valence-electron chi connectivity index (χ4n) is 2.72. The molecule has 19 heavy (non-hydrogen) atoms. The molecule has 106 valence electrons. The van der Waals surface area contributed by atoms with E-state index in [4.69, 9.17) is 5.84 Å². The van der Waals surface area contributed by atoms with Gasteiger partial charge in [-0.25, -0.2) is 5.84 Å². The van der Waals surface area contributed by atoms with Crippen molar-refractivity contribution in [2.75, 3.05) is 0 Å². The third-order valence-corrected chi connectivity index (χ3v) is 3.09. The number of nitrogens with two attached hydrogens (primary N) is 1. The van der Waals surface area contributed by atoms with Crippen molar-refractivity contribution >= 4 is 5.91 Å². The first-order valence-corrected chi connectivity index (χ1v) is 6.41. The van der Waals surface area contributed by atoms with Crippen LogP contribution in [0.25, 0.3) is 0 Å². The summed E-state index contributed by atoms with van der Waals surface area (Å²) in [6, 6.07) is 4.82. The average Bonchev–Trinajstić information content (AvgIpc) is 2.25. The summed E-state index contributed by atoms with van der Waals surface area (Å²) in [5.74, 6) is 5.00. The quantitative estimate of drug-likeness (QED) is 0.446. The fourth-order valence-corrected chi connectivity index (χ4v) is 2.72. The maximum Gasteiger partial charge on any atom is 0.265 e. The number of nitrogens with one attached hydrogen (secondary N) is 1. The second-order valence-electron chi connectivity index (χ2n) is 6.83. The highest BCUT2D eigenvalue weighted by atomic mass is 16.3. The van der Waals surface area contributed by atoms with Gasteiger partial charge in [-0.1, -0.05) is 34.6 Å². The monoisotopic (exact) mass is 264 g/mol. The SMILES string of the molecule is CC(C)(C)CC(C)(C)c1cc(C(=O)NN)ccc1O. The van der Waals surface area contributed by atoms with Crippen molar-refractivity contribution in [2.24, 2.45) is 11.3 Å². The molecule has 0 radical (unpaired) electrons. The second-order valence-corrected chi connectivity index (χ2v) is 6.83. The number of phenols is 1. The van der Waals surface area contributed by atoms with Gasteiger partial charge in [-0.05, 0) is 35.4 Å². The van der Waals surface area contributed by atoms with E-state index < -0.39 is 0 Å². The van der Waals surface area contributed by atoms with Gasteiger partial charge in [-0.2, -0.15) is 0 Å². The number of amides is 1. The lowest BCUT2D eigenvalue weighted by Crippen LogP contribution is -2.30. The van der Waals surface area contributed by atoms with E-state index in [0.717, 1.165) is 12.0 Å². The topological polar surface area (TPSA) is 75.4 Å². The molecule has 1 aromatic carbocycles. The Morgan fingerprint density at radius 3 is 2.32 bits per heavy atom. The largest absolute Gasteiger partial charge is 0.508 e. The summed E-state index contributed by atoms with van der Waals surface area (Å²) in [5.41, 5.74) is 3.23. The van der Waals surface area contributed by atoms with Crippen LogP contribution in [0.3, 0.4) is 0 Å². The Bertz CT molecular complexity index is 474. The van der Waals surface area contributed by atoms with Gasteiger partial charge in [0.05, 0.1) is 0 Å². The molecule has 4 nitrogen and oxygen atoms in total. The lowest BCUT2D eigenvalue weighted by Gasteiger charge is -2.33. The van der Waals surface area contributed by atoms with Crippen LogP contribution in [0.15, 0.2) is 18.2 Å². The van der Waals surface area contributed by atoms with Crippen LogP contribution in [0.5, 0.6) is 5.75 Å². The number of hydrazine groups is 1. The molecular weight excluding hydrogens is 240 g/mol. The van der Waals surface area contributed by atoms with Crippen molar-refractivity contribution in [3.63, 3.8) is 0 Å². The average molecular weight is 264 g/mol. The van der Waals surface area contributed by atoms with Gasteiger partial charge in [0.2, 0.25) is 0 Å². The molecule has 0 saturated heterocycles. The summed E-state index contributed by atoms with van der Waals surface area (Å²) in [6.07, 6.45) is 0.890. The molecule has 0 fully saturated rings. The van der Waals surface area contributed by atoms with Gasteiger partial charge in [0.1, 0.15) is 5.75 Å². The number of carbonyl (C=O) groups excluding carboxylic acids is 1. The molecule has 4 N–H and O–H groups in total. The highest BCUT2D eigenvalue weighted by Crippen LogP contribution is 2.40. The van der Waals surface area contributed by atoms with Crippen LogP contribution in [0.2, 0.25) is 0 Å². The molecule has 0 atom stereocenters. The maximum atomic E-state index is 11.6. The van der Waals surface area contributed by atoms with Crippen LogP contribution >= 0.6 is 0 Å². The number of aromatic hydroxyl groups is 1. The van der Waals surface area contributed by atoms with Crippen molar-refractivity contribution in [1.82, 2.24) is 5.43 Å². The van der Waals surface area contributed by atoms with Crippen LogP contribution in [-0.2, 0) is 5.41 Å². The summed E-state index contributed by atoms with van der Waals surface area (Å²) < 4.78 is 0. The number of hydrogen-bond donors (Lipinski definition) is 3. The number of rotatable bonds is 3. The van der Waals surface area contributed by atoms with E-state index in [1.807, 2.05) is 0 Å². The zero-order valence-electron chi connectivity index (χ0n) is 12.4. The third kappa shape index (κ3) is 3.96. The lowest BCUT2D eigenvalue weighted by atomic mass is 9.72. The number of benzene rings is 1. The van der Waals surface area contributed by atoms with Gasteiger partial charge in [-0.15, -0.1) is 0 Å². The molecule has 1 rings (SSSR count). The summed E-state index contributed by atoms with van der Waals surface area (Å²) in [6.45, 7) is 10.6. The Labute approximate surface area is 115 Å². The normalized spacial score (nSPS) is 12.3. The van der Waals surface area contributed by atoms with E-state index in [0.29, 0.717) is 5.56 Å². The minimum Gasteiger partial charge on any atom is -0.508 e. The molecule has 0 saturated carbocycles. The Balaban J connectivity index is 3.21. The number of hydrogen-bond acceptors (Lipinski definition) is 3. The zero-order valence-corrected chi connectivity index (χ0v) is 12.4. The van der Waals surface area contributed by atoms with Gasteiger partial charge >= 0.3 is 0 Å². The molecule has 0 bridgehead atoms. The molecule has 0 aliphatic heterocycles. The molecule has 0 aliphatic carbocycles. The van der Waals surface area contributed by atoms with Crippen molar-refractivity contribution in [3.05, 3.63) is 29.3 Å².